The lowest BCUT2D eigenvalue weighted by Gasteiger charge is -2.01. The number of rotatable bonds is 1. The van der Waals surface area contributed by atoms with Crippen LogP contribution in [-0.4, -0.2) is 18.9 Å². The van der Waals surface area contributed by atoms with E-state index in [9.17, 15) is 0 Å². The molecule has 64 valence electrons. The lowest BCUT2D eigenvalue weighted by molar-refractivity contribution is 0.960. The monoisotopic (exact) mass is 162 g/mol. The van der Waals surface area contributed by atoms with Crippen LogP contribution in [0.2, 0.25) is 0 Å². The standard InChI is InChI=1S/C10H12N2.H2/c1-8-2-4-9(5-3-8)10-11-6-7-12-10;/h2-5H,6-7H2,1H3,(H,11,12);1H. The van der Waals surface area contributed by atoms with Crippen LogP contribution in [0, 0.1) is 6.92 Å². The van der Waals surface area contributed by atoms with Crippen molar-refractivity contribution in [2.45, 2.75) is 6.92 Å². The molecule has 1 aliphatic rings. The normalized spacial score (nSPS) is 15.6. The molecule has 0 aliphatic carbocycles. The number of hydrogen-bond acceptors (Lipinski definition) is 2. The van der Waals surface area contributed by atoms with Crippen LogP contribution in [0.5, 0.6) is 0 Å². The molecule has 1 aliphatic heterocycles. The summed E-state index contributed by atoms with van der Waals surface area (Å²) in [7, 11) is 0. The highest BCUT2D eigenvalue weighted by molar-refractivity contribution is 5.99. The molecule has 0 atom stereocenters. The van der Waals surface area contributed by atoms with E-state index in [1.807, 2.05) is 0 Å². The van der Waals surface area contributed by atoms with E-state index in [1.54, 1.807) is 0 Å². The summed E-state index contributed by atoms with van der Waals surface area (Å²) >= 11 is 0. The van der Waals surface area contributed by atoms with Crippen molar-refractivity contribution in [1.29, 1.82) is 0 Å². The van der Waals surface area contributed by atoms with Gasteiger partial charge in [-0.1, -0.05) is 29.8 Å². The molecule has 0 saturated carbocycles. The van der Waals surface area contributed by atoms with Crippen LogP contribution >= 0.6 is 0 Å². The summed E-state index contributed by atoms with van der Waals surface area (Å²) in [6.07, 6.45) is 0. The van der Waals surface area contributed by atoms with Crippen LogP contribution in [0.15, 0.2) is 29.3 Å². The van der Waals surface area contributed by atoms with Crippen molar-refractivity contribution in [2.24, 2.45) is 4.99 Å². The number of amidine groups is 1. The van der Waals surface area contributed by atoms with Gasteiger partial charge in [0.2, 0.25) is 0 Å². The van der Waals surface area contributed by atoms with Crippen molar-refractivity contribution in [3.05, 3.63) is 35.4 Å². The topological polar surface area (TPSA) is 24.4 Å². The molecule has 0 saturated heterocycles. The summed E-state index contributed by atoms with van der Waals surface area (Å²) in [5.74, 6) is 1.04. The fraction of sp³-hybridized carbons (Fsp3) is 0.300. The summed E-state index contributed by atoms with van der Waals surface area (Å²) in [6, 6.07) is 8.43. The predicted octanol–water partition coefficient (Wildman–Crippen LogP) is 1.59. The molecule has 1 aromatic rings. The van der Waals surface area contributed by atoms with E-state index >= 15 is 0 Å². The molecule has 2 nitrogen and oxygen atoms in total. The van der Waals surface area contributed by atoms with E-state index in [4.69, 9.17) is 0 Å². The fourth-order valence-corrected chi connectivity index (χ4v) is 1.30. The number of benzene rings is 1. The van der Waals surface area contributed by atoms with Crippen LogP contribution in [0.3, 0.4) is 0 Å². The van der Waals surface area contributed by atoms with Crippen molar-refractivity contribution in [2.75, 3.05) is 13.1 Å². The van der Waals surface area contributed by atoms with Crippen molar-refractivity contribution in [1.82, 2.24) is 5.32 Å². The molecule has 2 rings (SSSR count). The Kier molecular flexibility index (Phi) is 1.82. The Labute approximate surface area is 73.8 Å². The average molecular weight is 162 g/mol. The van der Waals surface area contributed by atoms with Gasteiger partial charge in [0.15, 0.2) is 0 Å². The number of nitrogens with zero attached hydrogens (tertiary/aromatic N) is 1. The molecule has 2 heteroatoms. The molecule has 0 spiro atoms. The highest BCUT2D eigenvalue weighted by Crippen LogP contribution is 2.05. The van der Waals surface area contributed by atoms with E-state index in [0.717, 1.165) is 18.9 Å². The van der Waals surface area contributed by atoms with Gasteiger partial charge in [0, 0.05) is 13.5 Å². The van der Waals surface area contributed by atoms with Crippen LogP contribution in [0.25, 0.3) is 0 Å². The van der Waals surface area contributed by atoms with Crippen LogP contribution in [-0.2, 0) is 0 Å². The molecule has 0 unspecified atom stereocenters. The average Bonchev–Trinajstić information content (AvgIpc) is 2.58. The van der Waals surface area contributed by atoms with Gasteiger partial charge in [-0.3, -0.25) is 4.99 Å². The van der Waals surface area contributed by atoms with Crippen LogP contribution < -0.4 is 5.32 Å². The lowest BCUT2D eigenvalue weighted by Crippen LogP contribution is -2.19. The number of aryl methyl sites for hydroxylation is 1. The largest absolute Gasteiger partial charge is 0.368 e. The Balaban J connectivity index is 0.000000845. The van der Waals surface area contributed by atoms with Crippen molar-refractivity contribution < 1.29 is 1.43 Å². The van der Waals surface area contributed by atoms with Gasteiger partial charge in [-0.15, -0.1) is 0 Å². The molecule has 1 heterocycles. The first kappa shape index (κ1) is 7.35. The molecule has 1 N–H and O–H groups in total. The number of nitrogens with one attached hydrogen (secondary N) is 1. The van der Waals surface area contributed by atoms with Gasteiger partial charge < -0.3 is 5.32 Å². The zero-order valence-corrected chi connectivity index (χ0v) is 7.17. The molecule has 1 aromatic carbocycles. The maximum atomic E-state index is 4.34. The van der Waals surface area contributed by atoms with Crippen LogP contribution in [0.4, 0.5) is 0 Å². The second kappa shape index (κ2) is 2.97. The minimum Gasteiger partial charge on any atom is -0.368 e. The number of aliphatic imine (C=N–C) groups is 1. The smallest absolute Gasteiger partial charge is 0.128 e. The second-order valence-electron chi connectivity index (χ2n) is 3.02. The van der Waals surface area contributed by atoms with E-state index in [1.165, 1.54) is 11.1 Å². The predicted molar refractivity (Wildman–Crippen MR) is 52.7 cm³/mol. The maximum Gasteiger partial charge on any atom is 0.128 e. The Morgan fingerprint density at radius 2 is 2.08 bits per heavy atom. The third-order valence-electron chi connectivity index (χ3n) is 2.00. The van der Waals surface area contributed by atoms with Crippen molar-refractivity contribution >= 4 is 5.84 Å². The molecule has 0 aromatic heterocycles. The van der Waals surface area contributed by atoms with E-state index in [2.05, 4.69) is 41.5 Å². The van der Waals surface area contributed by atoms with E-state index in [-0.39, 0.29) is 1.43 Å². The minimum absolute atomic E-state index is 0. The fourth-order valence-electron chi connectivity index (χ4n) is 1.30. The molecule has 0 radical (unpaired) electrons. The first-order chi connectivity index (χ1) is 5.86. The highest BCUT2D eigenvalue weighted by Gasteiger charge is 2.05. The van der Waals surface area contributed by atoms with Gasteiger partial charge in [-0.05, 0) is 6.92 Å². The summed E-state index contributed by atoms with van der Waals surface area (Å²) in [4.78, 5) is 4.34. The zero-order valence-electron chi connectivity index (χ0n) is 7.17. The molecule has 0 amide bonds. The Morgan fingerprint density at radius 3 is 2.67 bits per heavy atom. The van der Waals surface area contributed by atoms with Crippen molar-refractivity contribution in [3.8, 4) is 0 Å². The summed E-state index contributed by atoms with van der Waals surface area (Å²) in [6.45, 7) is 3.97. The van der Waals surface area contributed by atoms with Gasteiger partial charge in [0.1, 0.15) is 5.84 Å². The zero-order chi connectivity index (χ0) is 8.39. The maximum absolute atomic E-state index is 4.34. The van der Waals surface area contributed by atoms with E-state index in [0.29, 0.717) is 0 Å². The highest BCUT2D eigenvalue weighted by atomic mass is 15.1. The van der Waals surface area contributed by atoms with Gasteiger partial charge in [0.25, 0.3) is 0 Å². The quantitative estimate of drug-likeness (QED) is 0.666. The summed E-state index contributed by atoms with van der Waals surface area (Å²) in [5.41, 5.74) is 2.48. The lowest BCUT2D eigenvalue weighted by atomic mass is 10.1. The van der Waals surface area contributed by atoms with Gasteiger partial charge in [-0.25, -0.2) is 0 Å². The Bertz CT molecular complexity index is 303. The van der Waals surface area contributed by atoms with Crippen LogP contribution in [0.1, 0.15) is 12.6 Å². The third-order valence-corrected chi connectivity index (χ3v) is 2.00. The Hall–Kier alpha value is -1.31. The first-order valence-electron chi connectivity index (χ1n) is 4.21. The SMILES string of the molecule is Cc1ccc(C2=NCCN2)cc1.[HH]. The van der Waals surface area contributed by atoms with Crippen molar-refractivity contribution in [3.63, 3.8) is 0 Å². The first-order valence-corrected chi connectivity index (χ1v) is 4.21. The summed E-state index contributed by atoms with van der Waals surface area (Å²) in [5, 5.41) is 3.24. The Morgan fingerprint density at radius 1 is 1.33 bits per heavy atom. The summed E-state index contributed by atoms with van der Waals surface area (Å²) < 4.78 is 0. The van der Waals surface area contributed by atoms with Gasteiger partial charge >= 0.3 is 0 Å². The van der Waals surface area contributed by atoms with Gasteiger partial charge in [0.05, 0.1) is 6.54 Å². The molecule has 0 bridgehead atoms. The molecular weight excluding hydrogens is 148 g/mol. The molecule has 12 heavy (non-hydrogen) atoms. The molecule has 0 fully saturated rings. The van der Waals surface area contributed by atoms with Gasteiger partial charge in [-0.2, -0.15) is 0 Å². The number of hydrogen-bond donors (Lipinski definition) is 1. The second-order valence-corrected chi connectivity index (χ2v) is 3.02. The third kappa shape index (κ3) is 1.33. The minimum atomic E-state index is 0. The molecular formula is C10H14N2. The van der Waals surface area contributed by atoms with E-state index < -0.39 is 0 Å².